The average molecular weight is 246 g/mol. The SMILES string of the molecule is O=C(NCC1CCCOC1)NCC(O)C(=O)O. The molecule has 0 aromatic rings. The Labute approximate surface area is 99.1 Å². The van der Waals surface area contributed by atoms with Crippen LogP contribution in [0.15, 0.2) is 0 Å². The molecule has 1 fully saturated rings. The maximum Gasteiger partial charge on any atom is 0.334 e. The Morgan fingerprint density at radius 3 is 2.76 bits per heavy atom. The van der Waals surface area contributed by atoms with Gasteiger partial charge in [-0.1, -0.05) is 0 Å². The fourth-order valence-corrected chi connectivity index (χ4v) is 1.54. The van der Waals surface area contributed by atoms with Gasteiger partial charge in [0.05, 0.1) is 13.2 Å². The van der Waals surface area contributed by atoms with Crippen molar-refractivity contribution in [3.8, 4) is 0 Å². The summed E-state index contributed by atoms with van der Waals surface area (Å²) in [6, 6.07) is -0.476. The third kappa shape index (κ3) is 5.50. The second kappa shape index (κ2) is 7.08. The fourth-order valence-electron chi connectivity index (χ4n) is 1.54. The van der Waals surface area contributed by atoms with Gasteiger partial charge in [-0.25, -0.2) is 9.59 Å². The van der Waals surface area contributed by atoms with Crippen LogP contribution in [0.3, 0.4) is 0 Å². The van der Waals surface area contributed by atoms with E-state index in [1.165, 1.54) is 0 Å². The lowest BCUT2D eigenvalue weighted by atomic mass is 10.0. The van der Waals surface area contributed by atoms with Crippen LogP contribution in [-0.2, 0) is 9.53 Å². The van der Waals surface area contributed by atoms with Crippen molar-refractivity contribution in [1.29, 1.82) is 0 Å². The summed E-state index contributed by atoms with van der Waals surface area (Å²) in [6.45, 7) is 1.60. The highest BCUT2D eigenvalue weighted by molar-refractivity contribution is 5.76. The van der Waals surface area contributed by atoms with Crippen LogP contribution in [0.2, 0.25) is 0 Å². The number of nitrogens with one attached hydrogen (secondary N) is 2. The molecule has 0 spiro atoms. The number of urea groups is 1. The zero-order valence-electron chi connectivity index (χ0n) is 9.52. The van der Waals surface area contributed by atoms with Gasteiger partial charge >= 0.3 is 12.0 Å². The number of aliphatic hydroxyl groups excluding tert-OH is 1. The maximum atomic E-state index is 11.2. The minimum atomic E-state index is -1.57. The van der Waals surface area contributed by atoms with Crippen molar-refractivity contribution >= 4 is 12.0 Å². The molecule has 1 aliphatic heterocycles. The summed E-state index contributed by atoms with van der Waals surface area (Å²) in [4.78, 5) is 21.5. The van der Waals surface area contributed by atoms with Crippen molar-refractivity contribution < 1.29 is 24.5 Å². The van der Waals surface area contributed by atoms with Crippen molar-refractivity contribution in [2.75, 3.05) is 26.3 Å². The molecule has 0 radical (unpaired) electrons. The highest BCUT2D eigenvalue weighted by atomic mass is 16.5. The summed E-state index contributed by atoms with van der Waals surface area (Å²) in [7, 11) is 0. The molecule has 4 N–H and O–H groups in total. The molecule has 1 rings (SSSR count). The number of amides is 2. The number of carboxylic acids is 1. The normalized spacial score (nSPS) is 21.6. The summed E-state index contributed by atoms with van der Waals surface area (Å²) in [5.74, 6) is -1.05. The molecule has 1 saturated heterocycles. The van der Waals surface area contributed by atoms with E-state index < -0.39 is 18.1 Å². The van der Waals surface area contributed by atoms with Crippen LogP contribution < -0.4 is 10.6 Å². The van der Waals surface area contributed by atoms with Crippen molar-refractivity contribution in [3.63, 3.8) is 0 Å². The quantitative estimate of drug-likeness (QED) is 0.506. The largest absolute Gasteiger partial charge is 0.479 e. The van der Waals surface area contributed by atoms with Gasteiger partial charge in [-0.2, -0.15) is 0 Å². The molecule has 17 heavy (non-hydrogen) atoms. The maximum absolute atomic E-state index is 11.2. The van der Waals surface area contributed by atoms with Gasteiger partial charge in [-0.15, -0.1) is 0 Å². The molecule has 0 aromatic carbocycles. The first-order valence-electron chi connectivity index (χ1n) is 5.60. The Bertz CT molecular complexity index is 265. The standard InChI is InChI=1S/C10H18N2O5/c13-8(9(14)15)5-12-10(16)11-4-7-2-1-3-17-6-7/h7-8,13H,1-6H2,(H,14,15)(H2,11,12,16). The van der Waals surface area contributed by atoms with E-state index in [-0.39, 0.29) is 6.54 Å². The van der Waals surface area contributed by atoms with E-state index >= 15 is 0 Å². The molecule has 0 aliphatic carbocycles. The summed E-state index contributed by atoms with van der Waals surface area (Å²) in [5, 5.41) is 22.2. The lowest BCUT2D eigenvalue weighted by Crippen LogP contribution is -2.44. The highest BCUT2D eigenvalue weighted by Gasteiger charge is 2.16. The first-order chi connectivity index (χ1) is 8.09. The summed E-state index contributed by atoms with van der Waals surface area (Å²) >= 11 is 0. The number of aliphatic carboxylic acids is 1. The molecule has 2 unspecified atom stereocenters. The van der Waals surface area contributed by atoms with Gasteiger partial charge < -0.3 is 25.6 Å². The van der Waals surface area contributed by atoms with E-state index in [0.717, 1.165) is 19.4 Å². The fraction of sp³-hybridized carbons (Fsp3) is 0.800. The van der Waals surface area contributed by atoms with E-state index in [0.29, 0.717) is 19.1 Å². The predicted molar refractivity (Wildman–Crippen MR) is 58.6 cm³/mol. The number of aliphatic hydroxyl groups is 1. The zero-order chi connectivity index (χ0) is 12.7. The van der Waals surface area contributed by atoms with Gasteiger partial charge in [-0.3, -0.25) is 0 Å². The number of ether oxygens (including phenoxy) is 1. The van der Waals surface area contributed by atoms with E-state index in [1.807, 2.05) is 0 Å². The first-order valence-corrected chi connectivity index (χ1v) is 5.60. The lowest BCUT2D eigenvalue weighted by Gasteiger charge is -2.22. The van der Waals surface area contributed by atoms with Crippen LogP contribution in [0.1, 0.15) is 12.8 Å². The highest BCUT2D eigenvalue weighted by Crippen LogP contribution is 2.11. The van der Waals surface area contributed by atoms with Gasteiger partial charge in [0, 0.05) is 13.2 Å². The second-order valence-electron chi connectivity index (χ2n) is 4.03. The molecule has 7 nitrogen and oxygen atoms in total. The summed E-state index contributed by atoms with van der Waals surface area (Å²) in [5.41, 5.74) is 0. The molecule has 2 atom stereocenters. The van der Waals surface area contributed by atoms with E-state index in [2.05, 4.69) is 10.6 Å². The third-order valence-electron chi connectivity index (χ3n) is 2.55. The van der Waals surface area contributed by atoms with Crippen molar-refractivity contribution in [2.45, 2.75) is 18.9 Å². The van der Waals surface area contributed by atoms with E-state index in [9.17, 15) is 9.59 Å². The lowest BCUT2D eigenvalue weighted by molar-refractivity contribution is -0.146. The minimum Gasteiger partial charge on any atom is -0.479 e. The van der Waals surface area contributed by atoms with E-state index in [1.54, 1.807) is 0 Å². The number of carboxylic acid groups (broad SMARTS) is 1. The van der Waals surface area contributed by atoms with Gasteiger partial charge in [0.2, 0.25) is 0 Å². The second-order valence-corrected chi connectivity index (χ2v) is 4.03. The number of carbonyl (C=O) groups excluding carboxylic acids is 1. The Morgan fingerprint density at radius 2 is 2.18 bits per heavy atom. The molecule has 98 valence electrons. The number of hydrogen-bond donors (Lipinski definition) is 4. The number of rotatable bonds is 5. The Hall–Kier alpha value is -1.34. The van der Waals surface area contributed by atoms with Crippen LogP contribution in [0.4, 0.5) is 4.79 Å². The van der Waals surface area contributed by atoms with E-state index in [4.69, 9.17) is 14.9 Å². The van der Waals surface area contributed by atoms with Gasteiger partial charge in [0.15, 0.2) is 6.10 Å². The molecular formula is C10H18N2O5. The Balaban J connectivity index is 2.10. The number of hydrogen-bond acceptors (Lipinski definition) is 4. The molecule has 0 aromatic heterocycles. The molecule has 1 heterocycles. The van der Waals surface area contributed by atoms with Crippen LogP contribution in [-0.4, -0.2) is 54.6 Å². The zero-order valence-corrected chi connectivity index (χ0v) is 9.52. The summed E-state index contributed by atoms with van der Waals surface area (Å²) < 4.78 is 5.25. The van der Waals surface area contributed by atoms with Crippen LogP contribution in [0.25, 0.3) is 0 Å². The van der Waals surface area contributed by atoms with Crippen molar-refractivity contribution in [2.24, 2.45) is 5.92 Å². The van der Waals surface area contributed by atoms with Crippen LogP contribution >= 0.6 is 0 Å². The molecule has 7 heteroatoms. The van der Waals surface area contributed by atoms with Gasteiger partial charge in [0.1, 0.15) is 0 Å². The van der Waals surface area contributed by atoms with Crippen LogP contribution in [0.5, 0.6) is 0 Å². The average Bonchev–Trinajstić information content (AvgIpc) is 2.34. The molecule has 1 aliphatic rings. The number of carbonyl (C=O) groups is 2. The van der Waals surface area contributed by atoms with Crippen LogP contribution in [0, 0.1) is 5.92 Å². The van der Waals surface area contributed by atoms with Gasteiger partial charge in [-0.05, 0) is 18.8 Å². The molecular weight excluding hydrogens is 228 g/mol. The Morgan fingerprint density at radius 1 is 1.41 bits per heavy atom. The minimum absolute atomic E-state index is 0.303. The molecule has 0 saturated carbocycles. The topological polar surface area (TPSA) is 108 Å². The molecule has 0 bridgehead atoms. The summed E-state index contributed by atoms with van der Waals surface area (Å²) in [6.07, 6.45) is 0.433. The molecule has 2 amide bonds. The first kappa shape index (κ1) is 13.7. The van der Waals surface area contributed by atoms with Gasteiger partial charge in [0.25, 0.3) is 0 Å². The van der Waals surface area contributed by atoms with Crippen molar-refractivity contribution in [3.05, 3.63) is 0 Å². The Kier molecular flexibility index (Phi) is 5.71. The monoisotopic (exact) mass is 246 g/mol. The predicted octanol–water partition coefficient (Wildman–Crippen LogP) is -0.842. The smallest absolute Gasteiger partial charge is 0.334 e. The van der Waals surface area contributed by atoms with Crippen molar-refractivity contribution in [1.82, 2.24) is 10.6 Å². The third-order valence-corrected chi connectivity index (χ3v) is 2.55.